The Hall–Kier alpha value is -2.67. The quantitative estimate of drug-likeness (QED) is 0.693. The van der Waals surface area contributed by atoms with E-state index in [2.05, 4.69) is 15.5 Å². The fourth-order valence-corrected chi connectivity index (χ4v) is 2.87. The minimum Gasteiger partial charge on any atom is -0.477 e. The highest BCUT2D eigenvalue weighted by Gasteiger charge is 2.18. The zero-order valence-electron chi connectivity index (χ0n) is 11.0. The number of hydrogen-bond donors (Lipinski definition) is 3. The van der Waals surface area contributed by atoms with Crippen molar-refractivity contribution in [3.05, 3.63) is 45.8 Å². The summed E-state index contributed by atoms with van der Waals surface area (Å²) < 4.78 is 0. The summed E-state index contributed by atoms with van der Waals surface area (Å²) in [6, 6.07) is 5.13. The number of aryl methyl sites for hydroxylation is 1. The zero-order valence-corrected chi connectivity index (χ0v) is 11.8. The number of hydrogen-bond acceptors (Lipinski definition) is 4. The van der Waals surface area contributed by atoms with Gasteiger partial charge in [-0.25, -0.2) is 4.79 Å². The van der Waals surface area contributed by atoms with Gasteiger partial charge in [0.1, 0.15) is 4.88 Å². The first-order chi connectivity index (χ1) is 10.1. The molecule has 0 spiro atoms. The van der Waals surface area contributed by atoms with Gasteiger partial charge in [-0.05, 0) is 36.1 Å². The van der Waals surface area contributed by atoms with Gasteiger partial charge in [-0.3, -0.25) is 9.89 Å². The van der Waals surface area contributed by atoms with E-state index in [-0.39, 0.29) is 10.8 Å². The molecule has 0 radical (unpaired) electrons. The molecule has 3 aromatic rings. The SMILES string of the molecule is Cc1csc(C(=O)O)c1NC(=O)c1ccc2[nH]ncc2c1. The second-order valence-corrected chi connectivity index (χ2v) is 5.43. The minimum atomic E-state index is -1.05. The molecular formula is C14H11N3O3S. The van der Waals surface area contributed by atoms with Crippen LogP contribution in [0.5, 0.6) is 0 Å². The standard InChI is InChI=1S/C14H11N3O3S/c1-7-6-21-12(14(19)20)11(7)16-13(18)8-2-3-10-9(4-8)5-15-17-10/h2-6H,1H3,(H,15,17)(H,16,18)(H,19,20). The summed E-state index contributed by atoms with van der Waals surface area (Å²) in [7, 11) is 0. The Kier molecular flexibility index (Phi) is 3.19. The van der Waals surface area contributed by atoms with Gasteiger partial charge in [0.25, 0.3) is 5.91 Å². The fraction of sp³-hybridized carbons (Fsp3) is 0.0714. The lowest BCUT2D eigenvalue weighted by Crippen LogP contribution is -2.14. The second-order valence-electron chi connectivity index (χ2n) is 4.55. The van der Waals surface area contributed by atoms with Gasteiger partial charge in [-0.2, -0.15) is 5.10 Å². The first kappa shape index (κ1) is 13.3. The van der Waals surface area contributed by atoms with E-state index in [0.29, 0.717) is 11.3 Å². The molecule has 21 heavy (non-hydrogen) atoms. The lowest BCUT2D eigenvalue weighted by atomic mass is 10.1. The number of aromatic carboxylic acids is 1. The van der Waals surface area contributed by atoms with Crippen molar-refractivity contribution in [2.45, 2.75) is 6.92 Å². The number of aromatic amines is 1. The summed E-state index contributed by atoms with van der Waals surface area (Å²) >= 11 is 1.10. The van der Waals surface area contributed by atoms with Crippen molar-refractivity contribution < 1.29 is 14.7 Å². The Balaban J connectivity index is 1.92. The first-order valence-corrected chi connectivity index (χ1v) is 7.00. The number of carbonyl (C=O) groups is 2. The molecule has 0 saturated carbocycles. The van der Waals surface area contributed by atoms with Gasteiger partial charge in [0.15, 0.2) is 0 Å². The Morgan fingerprint density at radius 1 is 1.38 bits per heavy atom. The number of thiophene rings is 1. The smallest absolute Gasteiger partial charge is 0.348 e. The van der Waals surface area contributed by atoms with E-state index in [9.17, 15) is 9.59 Å². The number of fused-ring (bicyclic) bond motifs is 1. The summed E-state index contributed by atoms with van der Waals surface area (Å²) in [6.45, 7) is 1.76. The van der Waals surface area contributed by atoms with E-state index in [1.807, 2.05) is 0 Å². The molecule has 0 atom stereocenters. The minimum absolute atomic E-state index is 0.130. The molecule has 0 aliphatic heterocycles. The molecule has 6 nitrogen and oxygen atoms in total. The van der Waals surface area contributed by atoms with E-state index in [1.54, 1.807) is 36.7 Å². The van der Waals surface area contributed by atoms with Gasteiger partial charge in [0, 0.05) is 10.9 Å². The van der Waals surface area contributed by atoms with Crippen LogP contribution >= 0.6 is 11.3 Å². The molecule has 2 aromatic heterocycles. The monoisotopic (exact) mass is 301 g/mol. The van der Waals surface area contributed by atoms with E-state index >= 15 is 0 Å². The number of aromatic nitrogens is 2. The maximum atomic E-state index is 12.3. The fourth-order valence-electron chi connectivity index (χ4n) is 2.03. The molecule has 3 rings (SSSR count). The van der Waals surface area contributed by atoms with Crippen molar-refractivity contribution in [3.63, 3.8) is 0 Å². The summed E-state index contributed by atoms with van der Waals surface area (Å²) in [5, 5.41) is 21.0. The molecule has 3 N–H and O–H groups in total. The predicted molar refractivity (Wildman–Crippen MR) is 80.1 cm³/mol. The van der Waals surface area contributed by atoms with Crippen molar-refractivity contribution in [2.24, 2.45) is 0 Å². The molecule has 0 bridgehead atoms. The summed E-state index contributed by atoms with van der Waals surface area (Å²) in [5.74, 6) is -1.39. The third-order valence-electron chi connectivity index (χ3n) is 3.11. The number of H-pyrrole nitrogens is 1. The zero-order chi connectivity index (χ0) is 15.0. The molecule has 106 valence electrons. The summed E-state index contributed by atoms with van der Waals surface area (Å²) in [5.41, 5.74) is 2.37. The van der Waals surface area contributed by atoms with Crippen LogP contribution in [-0.2, 0) is 0 Å². The molecule has 0 saturated heterocycles. The number of carboxylic acids is 1. The third-order valence-corrected chi connectivity index (χ3v) is 4.20. The van der Waals surface area contributed by atoms with Gasteiger partial charge < -0.3 is 10.4 Å². The Labute approximate surface area is 123 Å². The lowest BCUT2D eigenvalue weighted by molar-refractivity contribution is 0.0703. The van der Waals surface area contributed by atoms with Crippen LogP contribution in [0.3, 0.4) is 0 Å². The van der Waals surface area contributed by atoms with Crippen LogP contribution in [0.15, 0.2) is 29.8 Å². The van der Waals surface area contributed by atoms with Crippen molar-refractivity contribution >= 4 is 39.8 Å². The predicted octanol–water partition coefficient (Wildman–Crippen LogP) is 2.88. The number of rotatable bonds is 3. The lowest BCUT2D eigenvalue weighted by Gasteiger charge is -2.06. The Morgan fingerprint density at radius 3 is 2.95 bits per heavy atom. The third kappa shape index (κ3) is 2.38. The van der Waals surface area contributed by atoms with E-state index in [0.717, 1.165) is 27.8 Å². The second kappa shape index (κ2) is 5.02. The van der Waals surface area contributed by atoms with Crippen molar-refractivity contribution in [2.75, 3.05) is 5.32 Å². The molecule has 0 aliphatic rings. The molecule has 1 aromatic carbocycles. The van der Waals surface area contributed by atoms with Crippen LogP contribution in [0, 0.1) is 6.92 Å². The maximum Gasteiger partial charge on any atom is 0.348 e. The van der Waals surface area contributed by atoms with E-state index in [4.69, 9.17) is 5.11 Å². The normalized spacial score (nSPS) is 10.7. The molecular weight excluding hydrogens is 290 g/mol. The maximum absolute atomic E-state index is 12.3. The Morgan fingerprint density at radius 2 is 2.19 bits per heavy atom. The van der Waals surface area contributed by atoms with Gasteiger partial charge in [0.2, 0.25) is 0 Å². The van der Waals surface area contributed by atoms with Gasteiger partial charge in [0.05, 0.1) is 17.4 Å². The van der Waals surface area contributed by atoms with E-state index < -0.39 is 5.97 Å². The molecule has 0 fully saturated rings. The van der Waals surface area contributed by atoms with Gasteiger partial charge in [-0.1, -0.05) is 0 Å². The summed E-state index contributed by atoms with van der Waals surface area (Å²) in [4.78, 5) is 23.5. The van der Waals surface area contributed by atoms with Crippen molar-refractivity contribution in [1.82, 2.24) is 10.2 Å². The number of nitrogens with zero attached hydrogens (tertiary/aromatic N) is 1. The topological polar surface area (TPSA) is 95.1 Å². The highest BCUT2D eigenvalue weighted by molar-refractivity contribution is 7.12. The van der Waals surface area contributed by atoms with Crippen LogP contribution in [0.2, 0.25) is 0 Å². The molecule has 0 unspecified atom stereocenters. The molecule has 7 heteroatoms. The number of nitrogens with one attached hydrogen (secondary N) is 2. The number of amides is 1. The van der Waals surface area contributed by atoms with Crippen LogP contribution < -0.4 is 5.32 Å². The van der Waals surface area contributed by atoms with Crippen molar-refractivity contribution in [1.29, 1.82) is 0 Å². The highest BCUT2D eigenvalue weighted by atomic mass is 32.1. The number of carbonyl (C=O) groups excluding carboxylic acids is 1. The van der Waals surface area contributed by atoms with Crippen LogP contribution in [0.1, 0.15) is 25.6 Å². The van der Waals surface area contributed by atoms with E-state index in [1.165, 1.54) is 0 Å². The number of carboxylic acid groups (broad SMARTS) is 1. The summed E-state index contributed by atoms with van der Waals surface area (Å²) in [6.07, 6.45) is 1.63. The highest BCUT2D eigenvalue weighted by Crippen LogP contribution is 2.28. The number of benzene rings is 1. The molecule has 1 amide bonds. The average molecular weight is 301 g/mol. The average Bonchev–Trinajstić information content (AvgIpc) is 3.05. The van der Waals surface area contributed by atoms with Gasteiger partial charge >= 0.3 is 5.97 Å². The van der Waals surface area contributed by atoms with Crippen molar-refractivity contribution in [3.8, 4) is 0 Å². The van der Waals surface area contributed by atoms with Crippen LogP contribution in [-0.4, -0.2) is 27.2 Å². The molecule has 0 aliphatic carbocycles. The first-order valence-electron chi connectivity index (χ1n) is 6.12. The molecule has 2 heterocycles. The van der Waals surface area contributed by atoms with Crippen LogP contribution in [0.4, 0.5) is 5.69 Å². The van der Waals surface area contributed by atoms with Crippen LogP contribution in [0.25, 0.3) is 10.9 Å². The Bertz CT molecular complexity index is 850. The van der Waals surface area contributed by atoms with Gasteiger partial charge in [-0.15, -0.1) is 11.3 Å². The number of anilines is 1. The largest absolute Gasteiger partial charge is 0.477 e.